The Balaban J connectivity index is 1.97. The van der Waals surface area contributed by atoms with Crippen molar-refractivity contribution in [3.8, 4) is 0 Å². The lowest BCUT2D eigenvalue weighted by Crippen LogP contribution is -2.31. The molecule has 0 saturated carbocycles. The van der Waals surface area contributed by atoms with Gasteiger partial charge in [-0.25, -0.2) is 0 Å². The molecule has 1 amide bonds. The molecule has 0 spiro atoms. The van der Waals surface area contributed by atoms with Gasteiger partial charge in [0, 0.05) is 25.5 Å². The summed E-state index contributed by atoms with van der Waals surface area (Å²) in [5.74, 6) is -0.241. The van der Waals surface area contributed by atoms with Crippen molar-refractivity contribution in [3.05, 3.63) is 75.4 Å². The van der Waals surface area contributed by atoms with E-state index in [1.807, 2.05) is 25.1 Å². The fraction of sp³-hybridized carbons (Fsp3) is 0.286. The van der Waals surface area contributed by atoms with Gasteiger partial charge < -0.3 is 14.4 Å². The first-order chi connectivity index (χ1) is 13.2. The van der Waals surface area contributed by atoms with Crippen LogP contribution in [0.5, 0.6) is 0 Å². The third-order valence-electron chi connectivity index (χ3n) is 5.00. The molecule has 0 aliphatic carbocycles. The van der Waals surface area contributed by atoms with E-state index in [-0.39, 0.29) is 23.7 Å². The number of aryl methyl sites for hydroxylation is 1. The maximum atomic E-state index is 13.3. The SMILES string of the molecule is CCc1ccc2oc3c(c(=O)c2c1)C(c1cccnc1)N(CCCO)C3=O. The maximum Gasteiger partial charge on any atom is 0.290 e. The van der Waals surface area contributed by atoms with Crippen molar-refractivity contribution >= 4 is 16.9 Å². The maximum absolute atomic E-state index is 13.3. The molecular weight excluding hydrogens is 344 g/mol. The van der Waals surface area contributed by atoms with Crippen molar-refractivity contribution in [2.24, 2.45) is 0 Å². The van der Waals surface area contributed by atoms with Gasteiger partial charge in [0.2, 0.25) is 5.76 Å². The predicted molar refractivity (Wildman–Crippen MR) is 101 cm³/mol. The van der Waals surface area contributed by atoms with Gasteiger partial charge in [0.05, 0.1) is 17.0 Å². The topological polar surface area (TPSA) is 83.6 Å². The van der Waals surface area contributed by atoms with Crippen LogP contribution in [0.4, 0.5) is 0 Å². The van der Waals surface area contributed by atoms with Gasteiger partial charge in [-0.15, -0.1) is 0 Å². The third-order valence-corrected chi connectivity index (χ3v) is 5.00. The molecule has 1 unspecified atom stereocenters. The van der Waals surface area contributed by atoms with Crippen LogP contribution < -0.4 is 5.43 Å². The number of nitrogens with zero attached hydrogens (tertiary/aromatic N) is 2. The van der Waals surface area contributed by atoms with E-state index in [0.717, 1.165) is 17.5 Å². The van der Waals surface area contributed by atoms with E-state index in [9.17, 15) is 14.7 Å². The first kappa shape index (κ1) is 17.4. The van der Waals surface area contributed by atoms with E-state index in [4.69, 9.17) is 4.42 Å². The number of pyridine rings is 1. The highest BCUT2D eigenvalue weighted by Crippen LogP contribution is 2.37. The van der Waals surface area contributed by atoms with Crippen LogP contribution >= 0.6 is 0 Å². The molecule has 1 N–H and O–H groups in total. The summed E-state index contributed by atoms with van der Waals surface area (Å²) in [6, 6.07) is 8.55. The van der Waals surface area contributed by atoms with Crippen molar-refractivity contribution in [2.75, 3.05) is 13.2 Å². The van der Waals surface area contributed by atoms with Crippen LogP contribution in [0.15, 0.2) is 51.9 Å². The van der Waals surface area contributed by atoms with Crippen molar-refractivity contribution in [3.63, 3.8) is 0 Å². The Morgan fingerprint density at radius 3 is 2.81 bits per heavy atom. The zero-order valence-electron chi connectivity index (χ0n) is 15.0. The van der Waals surface area contributed by atoms with E-state index < -0.39 is 6.04 Å². The fourth-order valence-electron chi connectivity index (χ4n) is 3.64. The van der Waals surface area contributed by atoms with E-state index in [1.54, 1.807) is 29.4 Å². The molecule has 1 aliphatic heterocycles. The van der Waals surface area contributed by atoms with Gasteiger partial charge in [-0.3, -0.25) is 14.6 Å². The van der Waals surface area contributed by atoms with Crippen LogP contribution in [0.1, 0.15) is 46.6 Å². The van der Waals surface area contributed by atoms with Crippen LogP contribution in [0, 0.1) is 0 Å². The molecule has 0 saturated heterocycles. The quantitative estimate of drug-likeness (QED) is 0.752. The van der Waals surface area contributed by atoms with E-state index >= 15 is 0 Å². The minimum atomic E-state index is -0.557. The summed E-state index contributed by atoms with van der Waals surface area (Å²) in [7, 11) is 0. The molecule has 0 radical (unpaired) electrons. The van der Waals surface area contributed by atoms with Gasteiger partial charge in [0.1, 0.15) is 5.58 Å². The molecule has 0 bridgehead atoms. The summed E-state index contributed by atoms with van der Waals surface area (Å²) in [4.78, 5) is 32.1. The number of benzene rings is 1. The van der Waals surface area contributed by atoms with Gasteiger partial charge in [-0.1, -0.05) is 19.1 Å². The highest BCUT2D eigenvalue weighted by atomic mass is 16.3. The summed E-state index contributed by atoms with van der Waals surface area (Å²) in [5, 5.41) is 9.70. The molecule has 4 rings (SSSR count). The fourth-order valence-corrected chi connectivity index (χ4v) is 3.64. The molecule has 6 nitrogen and oxygen atoms in total. The molecule has 27 heavy (non-hydrogen) atoms. The average molecular weight is 364 g/mol. The van der Waals surface area contributed by atoms with Gasteiger partial charge in [0.25, 0.3) is 5.91 Å². The number of carbonyl (C=O) groups excluding carboxylic acids is 1. The molecular formula is C21H20N2O4. The van der Waals surface area contributed by atoms with Crippen LogP contribution in [0.25, 0.3) is 11.0 Å². The van der Waals surface area contributed by atoms with E-state index in [2.05, 4.69) is 4.98 Å². The molecule has 2 aromatic heterocycles. The molecule has 138 valence electrons. The third kappa shape index (κ3) is 2.82. The second-order valence-corrected chi connectivity index (χ2v) is 6.62. The number of hydrogen-bond acceptors (Lipinski definition) is 5. The predicted octanol–water partition coefficient (Wildman–Crippen LogP) is 2.68. The van der Waals surface area contributed by atoms with Crippen LogP contribution in [0.3, 0.4) is 0 Å². The Hall–Kier alpha value is -2.99. The lowest BCUT2D eigenvalue weighted by atomic mass is 9.99. The lowest BCUT2D eigenvalue weighted by molar-refractivity contribution is 0.0716. The Bertz CT molecular complexity index is 1060. The van der Waals surface area contributed by atoms with Gasteiger partial charge in [0.15, 0.2) is 5.43 Å². The molecule has 3 aromatic rings. The Labute approximate surface area is 156 Å². The molecule has 1 atom stereocenters. The average Bonchev–Trinajstić information content (AvgIpc) is 2.99. The lowest BCUT2D eigenvalue weighted by Gasteiger charge is -2.24. The van der Waals surface area contributed by atoms with Crippen molar-refractivity contribution in [2.45, 2.75) is 25.8 Å². The summed E-state index contributed by atoms with van der Waals surface area (Å²) in [5.41, 5.74) is 2.37. The summed E-state index contributed by atoms with van der Waals surface area (Å²) < 4.78 is 5.88. The molecule has 1 aromatic carbocycles. The number of rotatable bonds is 5. The minimum Gasteiger partial charge on any atom is -0.450 e. The number of hydrogen-bond donors (Lipinski definition) is 1. The Morgan fingerprint density at radius 1 is 1.26 bits per heavy atom. The number of carbonyl (C=O) groups is 1. The zero-order valence-corrected chi connectivity index (χ0v) is 15.0. The monoisotopic (exact) mass is 364 g/mol. The second kappa shape index (κ2) is 6.96. The van der Waals surface area contributed by atoms with Crippen LogP contribution in [0.2, 0.25) is 0 Å². The summed E-state index contributed by atoms with van der Waals surface area (Å²) >= 11 is 0. The summed E-state index contributed by atoms with van der Waals surface area (Å²) in [6.07, 6.45) is 4.53. The number of fused-ring (bicyclic) bond motifs is 2. The van der Waals surface area contributed by atoms with Crippen molar-refractivity contribution in [1.29, 1.82) is 0 Å². The minimum absolute atomic E-state index is 0.0386. The van der Waals surface area contributed by atoms with Crippen LogP contribution in [-0.4, -0.2) is 34.0 Å². The number of amides is 1. The Morgan fingerprint density at radius 2 is 2.11 bits per heavy atom. The smallest absolute Gasteiger partial charge is 0.290 e. The first-order valence-corrected chi connectivity index (χ1v) is 9.07. The Kier molecular flexibility index (Phi) is 4.49. The highest BCUT2D eigenvalue weighted by Gasteiger charge is 2.42. The van der Waals surface area contributed by atoms with Gasteiger partial charge in [-0.2, -0.15) is 0 Å². The normalized spacial score (nSPS) is 16.1. The number of aromatic nitrogens is 1. The largest absolute Gasteiger partial charge is 0.450 e. The van der Waals surface area contributed by atoms with E-state index in [1.165, 1.54) is 0 Å². The van der Waals surface area contributed by atoms with Gasteiger partial charge in [-0.05, 0) is 42.2 Å². The zero-order chi connectivity index (χ0) is 19.0. The molecule has 0 fully saturated rings. The van der Waals surface area contributed by atoms with E-state index in [0.29, 0.717) is 29.5 Å². The molecule has 3 heterocycles. The first-order valence-electron chi connectivity index (χ1n) is 9.07. The molecule has 1 aliphatic rings. The summed E-state index contributed by atoms with van der Waals surface area (Å²) in [6.45, 7) is 2.31. The van der Waals surface area contributed by atoms with Crippen molar-refractivity contribution < 1.29 is 14.3 Å². The highest BCUT2D eigenvalue weighted by molar-refractivity contribution is 5.99. The van der Waals surface area contributed by atoms with Gasteiger partial charge >= 0.3 is 0 Å². The molecule has 6 heteroatoms. The van der Waals surface area contributed by atoms with Crippen LogP contribution in [-0.2, 0) is 6.42 Å². The second-order valence-electron chi connectivity index (χ2n) is 6.62. The van der Waals surface area contributed by atoms with Crippen molar-refractivity contribution in [1.82, 2.24) is 9.88 Å². The standard InChI is InChI=1S/C21H20N2O4/c1-2-13-6-7-16-15(11-13)19(25)17-18(14-5-3-8-22-12-14)23(9-4-10-24)21(26)20(17)27-16/h3,5-8,11-12,18,24H,2,4,9-10H2,1H3. The number of aliphatic hydroxyl groups excluding tert-OH is 1. The number of aliphatic hydroxyl groups is 1.